The molecule has 0 heterocycles. The van der Waals surface area contributed by atoms with Crippen LogP contribution in [0.4, 0.5) is 13.2 Å². The fourth-order valence-corrected chi connectivity index (χ4v) is 1.24. The van der Waals surface area contributed by atoms with E-state index in [-0.39, 0.29) is 16.9 Å². The molecule has 0 aliphatic heterocycles. The summed E-state index contributed by atoms with van der Waals surface area (Å²) in [7, 11) is 0. The van der Waals surface area contributed by atoms with E-state index in [1.807, 2.05) is 0 Å². The number of halogens is 3. The first kappa shape index (κ1) is 11.6. The van der Waals surface area contributed by atoms with Gasteiger partial charge in [0.1, 0.15) is 11.6 Å². The minimum absolute atomic E-state index is 0.0469. The summed E-state index contributed by atoms with van der Waals surface area (Å²) in [6, 6.07) is 1.82. The van der Waals surface area contributed by atoms with Crippen LogP contribution in [0.15, 0.2) is 12.1 Å². The molecule has 0 bridgehead atoms. The summed E-state index contributed by atoms with van der Waals surface area (Å²) in [4.78, 5) is 11.0. The Morgan fingerprint density at radius 3 is 2.47 bits per heavy atom. The predicted octanol–water partition coefficient (Wildman–Crippen LogP) is 2.94. The van der Waals surface area contributed by atoms with Crippen molar-refractivity contribution in [3.8, 4) is 5.75 Å². The van der Waals surface area contributed by atoms with Gasteiger partial charge >= 0.3 is 6.61 Å². The third-order valence-electron chi connectivity index (χ3n) is 1.92. The van der Waals surface area contributed by atoms with Crippen LogP contribution in [-0.2, 0) is 0 Å². The topological polar surface area (TPSA) is 26.3 Å². The molecule has 5 heteroatoms. The van der Waals surface area contributed by atoms with Crippen LogP contribution in [0.25, 0.3) is 0 Å². The minimum Gasteiger partial charge on any atom is -0.434 e. The third kappa shape index (κ3) is 2.71. The zero-order valence-electron chi connectivity index (χ0n) is 8.18. The van der Waals surface area contributed by atoms with Crippen molar-refractivity contribution in [2.75, 3.05) is 0 Å². The van der Waals surface area contributed by atoms with E-state index in [0.717, 1.165) is 12.1 Å². The molecule has 0 aliphatic carbocycles. The molecule has 0 radical (unpaired) electrons. The van der Waals surface area contributed by atoms with E-state index in [1.165, 1.54) is 13.8 Å². The summed E-state index contributed by atoms with van der Waals surface area (Å²) in [5, 5.41) is 0. The van der Waals surface area contributed by atoms with Gasteiger partial charge in [0.25, 0.3) is 0 Å². The van der Waals surface area contributed by atoms with Gasteiger partial charge in [0.05, 0.1) is 0 Å². The van der Waals surface area contributed by atoms with E-state index >= 15 is 0 Å². The van der Waals surface area contributed by atoms with Crippen molar-refractivity contribution in [3.05, 3.63) is 29.1 Å². The lowest BCUT2D eigenvalue weighted by Crippen LogP contribution is -2.06. The molecule has 0 amide bonds. The molecular formula is C10H9F3O2. The molecule has 2 nitrogen and oxygen atoms in total. The van der Waals surface area contributed by atoms with E-state index in [0.29, 0.717) is 0 Å². The first-order valence-electron chi connectivity index (χ1n) is 4.17. The maximum atomic E-state index is 12.9. The highest BCUT2D eigenvalue weighted by Gasteiger charge is 2.14. The molecule has 0 saturated heterocycles. The second kappa shape index (κ2) is 4.33. The molecule has 0 aliphatic rings. The summed E-state index contributed by atoms with van der Waals surface area (Å²) in [6.07, 6.45) is 0. The molecule has 0 saturated carbocycles. The summed E-state index contributed by atoms with van der Waals surface area (Å²) >= 11 is 0. The standard InChI is InChI=1S/C10H9F3O2/c1-5-8(6(2)14)3-7(11)4-9(5)15-10(12)13/h3-4,10H,1-2H3. The van der Waals surface area contributed by atoms with Crippen LogP contribution in [0.5, 0.6) is 5.75 Å². The Balaban J connectivity index is 3.22. The number of hydrogen-bond acceptors (Lipinski definition) is 2. The normalized spacial score (nSPS) is 10.5. The summed E-state index contributed by atoms with van der Waals surface area (Å²) in [6.45, 7) is -0.382. The average Bonchev–Trinajstić information content (AvgIpc) is 2.09. The van der Waals surface area contributed by atoms with Crippen LogP contribution < -0.4 is 4.74 Å². The number of alkyl halides is 2. The maximum absolute atomic E-state index is 12.9. The van der Waals surface area contributed by atoms with Crippen LogP contribution >= 0.6 is 0 Å². The van der Waals surface area contributed by atoms with Crippen LogP contribution in [0.3, 0.4) is 0 Å². The monoisotopic (exact) mass is 218 g/mol. The number of benzene rings is 1. The Kier molecular flexibility index (Phi) is 3.34. The molecule has 1 aromatic carbocycles. The van der Waals surface area contributed by atoms with Gasteiger partial charge in [-0.2, -0.15) is 8.78 Å². The lowest BCUT2D eigenvalue weighted by Gasteiger charge is -2.10. The molecule has 82 valence electrons. The highest BCUT2D eigenvalue weighted by Crippen LogP contribution is 2.25. The second-order valence-corrected chi connectivity index (χ2v) is 3.01. The molecule has 15 heavy (non-hydrogen) atoms. The van der Waals surface area contributed by atoms with E-state index in [2.05, 4.69) is 4.74 Å². The van der Waals surface area contributed by atoms with Gasteiger partial charge in [-0.05, 0) is 19.9 Å². The smallest absolute Gasteiger partial charge is 0.387 e. The van der Waals surface area contributed by atoms with E-state index < -0.39 is 18.2 Å². The van der Waals surface area contributed by atoms with Gasteiger partial charge in [-0.1, -0.05) is 0 Å². The van der Waals surface area contributed by atoms with Crippen LogP contribution in [-0.4, -0.2) is 12.4 Å². The molecule has 0 spiro atoms. The Morgan fingerprint density at radius 2 is 2.00 bits per heavy atom. The minimum atomic E-state index is -3.04. The van der Waals surface area contributed by atoms with Gasteiger partial charge in [0, 0.05) is 17.2 Å². The van der Waals surface area contributed by atoms with E-state index in [1.54, 1.807) is 0 Å². The first-order chi connectivity index (χ1) is 6.91. The lowest BCUT2D eigenvalue weighted by atomic mass is 10.0. The van der Waals surface area contributed by atoms with Crippen molar-refractivity contribution in [1.29, 1.82) is 0 Å². The first-order valence-corrected chi connectivity index (χ1v) is 4.17. The number of carbonyl (C=O) groups excluding carboxylic acids is 1. The highest BCUT2D eigenvalue weighted by molar-refractivity contribution is 5.96. The second-order valence-electron chi connectivity index (χ2n) is 3.01. The number of ether oxygens (including phenoxy) is 1. The Morgan fingerprint density at radius 1 is 1.40 bits per heavy atom. The number of rotatable bonds is 3. The van der Waals surface area contributed by atoms with Crippen molar-refractivity contribution in [1.82, 2.24) is 0 Å². The maximum Gasteiger partial charge on any atom is 0.387 e. The van der Waals surface area contributed by atoms with Gasteiger partial charge in [0.2, 0.25) is 0 Å². The summed E-state index contributed by atoms with van der Waals surface area (Å²) in [5.74, 6) is -1.48. The molecule has 1 aromatic rings. The van der Waals surface area contributed by atoms with Gasteiger partial charge in [-0.25, -0.2) is 4.39 Å². The van der Waals surface area contributed by atoms with Crippen molar-refractivity contribution in [3.63, 3.8) is 0 Å². The van der Waals surface area contributed by atoms with Gasteiger partial charge in [-0.15, -0.1) is 0 Å². The van der Waals surface area contributed by atoms with Gasteiger partial charge in [-0.3, -0.25) is 4.79 Å². The van der Waals surface area contributed by atoms with Crippen molar-refractivity contribution in [2.45, 2.75) is 20.5 Å². The third-order valence-corrected chi connectivity index (χ3v) is 1.92. The fraction of sp³-hybridized carbons (Fsp3) is 0.300. The highest BCUT2D eigenvalue weighted by atomic mass is 19.3. The van der Waals surface area contributed by atoms with Crippen molar-refractivity contribution in [2.24, 2.45) is 0 Å². The SMILES string of the molecule is CC(=O)c1cc(F)cc(OC(F)F)c1C. The molecule has 0 atom stereocenters. The molecule has 0 fully saturated rings. The van der Waals surface area contributed by atoms with Crippen molar-refractivity contribution < 1.29 is 22.7 Å². The number of ketones is 1. The van der Waals surface area contributed by atoms with E-state index in [9.17, 15) is 18.0 Å². The molecule has 0 N–H and O–H groups in total. The van der Waals surface area contributed by atoms with E-state index in [4.69, 9.17) is 0 Å². The van der Waals surface area contributed by atoms with Gasteiger partial charge < -0.3 is 4.74 Å². The lowest BCUT2D eigenvalue weighted by molar-refractivity contribution is -0.0504. The summed E-state index contributed by atoms with van der Waals surface area (Å²) in [5.41, 5.74) is 0.259. The van der Waals surface area contributed by atoms with Crippen molar-refractivity contribution >= 4 is 5.78 Å². The molecule has 0 unspecified atom stereocenters. The van der Waals surface area contributed by atoms with Gasteiger partial charge in [0.15, 0.2) is 5.78 Å². The average molecular weight is 218 g/mol. The molecule has 0 aromatic heterocycles. The predicted molar refractivity (Wildman–Crippen MR) is 47.8 cm³/mol. The van der Waals surface area contributed by atoms with Crippen LogP contribution in [0, 0.1) is 12.7 Å². The molecular weight excluding hydrogens is 209 g/mol. The van der Waals surface area contributed by atoms with Crippen LogP contribution in [0.1, 0.15) is 22.8 Å². The Labute approximate surface area is 84.7 Å². The molecule has 1 rings (SSSR count). The fourth-order valence-electron chi connectivity index (χ4n) is 1.24. The van der Waals surface area contributed by atoms with Crippen LogP contribution in [0.2, 0.25) is 0 Å². The number of hydrogen-bond donors (Lipinski definition) is 0. The quantitative estimate of drug-likeness (QED) is 0.729. The number of Topliss-reactive ketones (excluding diaryl/α,β-unsaturated/α-hetero) is 1. The zero-order chi connectivity index (χ0) is 11.6. The Bertz CT molecular complexity index is 388. The zero-order valence-corrected chi connectivity index (χ0v) is 8.18. The largest absolute Gasteiger partial charge is 0.434 e. The Hall–Kier alpha value is -1.52. The summed E-state index contributed by atoms with van der Waals surface area (Å²) < 4.78 is 40.9. The number of carbonyl (C=O) groups is 1.